The van der Waals surface area contributed by atoms with Gasteiger partial charge < -0.3 is 0 Å². The summed E-state index contributed by atoms with van der Waals surface area (Å²) in [5.74, 6) is 0. The molecule has 0 aliphatic heterocycles. The molecule has 0 saturated heterocycles. The van der Waals surface area contributed by atoms with Gasteiger partial charge in [-0.15, -0.1) is 0 Å². The van der Waals surface area contributed by atoms with E-state index in [1.807, 2.05) is 0 Å². The molecule has 0 saturated carbocycles. The van der Waals surface area contributed by atoms with Gasteiger partial charge in [0.2, 0.25) is 0 Å². The highest BCUT2D eigenvalue weighted by Crippen LogP contribution is 2.14. The van der Waals surface area contributed by atoms with Crippen LogP contribution in [0.15, 0.2) is 30.3 Å². The molecule has 0 aliphatic carbocycles. The summed E-state index contributed by atoms with van der Waals surface area (Å²) >= 11 is 0. The lowest BCUT2D eigenvalue weighted by atomic mass is 10.0. The number of rotatable bonds is 26. The van der Waals surface area contributed by atoms with Gasteiger partial charge in [0.1, 0.15) is 0 Å². The van der Waals surface area contributed by atoms with Gasteiger partial charge in [0, 0.05) is 6.54 Å². The van der Waals surface area contributed by atoms with E-state index >= 15 is 0 Å². The average molecular weight is 472 g/mol. The van der Waals surface area contributed by atoms with Crippen LogP contribution >= 0.6 is 0 Å². The second-order valence-corrected chi connectivity index (χ2v) is 10.8. The third-order valence-electron chi connectivity index (χ3n) is 7.40. The molecule has 1 heteroatoms. The smallest absolute Gasteiger partial charge is 0.0233 e. The summed E-state index contributed by atoms with van der Waals surface area (Å²) in [6.45, 7) is 8.31. The van der Waals surface area contributed by atoms with E-state index in [1.54, 1.807) is 0 Å². The topological polar surface area (TPSA) is 3.24 Å². The van der Waals surface area contributed by atoms with Gasteiger partial charge in [-0.2, -0.15) is 0 Å². The monoisotopic (exact) mass is 471 g/mol. The number of hydrogen-bond donors (Lipinski definition) is 0. The fourth-order valence-corrected chi connectivity index (χ4v) is 5.11. The SMILES string of the molecule is CCCCCCCCCCCCCCN(CCCCCCCCCCCC)Cc1ccccc1. The van der Waals surface area contributed by atoms with Crippen LogP contribution in [0.1, 0.15) is 161 Å². The van der Waals surface area contributed by atoms with Crippen molar-refractivity contribution in [3.63, 3.8) is 0 Å². The Morgan fingerprint density at radius 3 is 1.09 bits per heavy atom. The van der Waals surface area contributed by atoms with Gasteiger partial charge in [-0.3, -0.25) is 4.90 Å². The van der Waals surface area contributed by atoms with Crippen LogP contribution in [-0.2, 0) is 6.54 Å². The third kappa shape index (κ3) is 20.5. The molecule has 0 atom stereocenters. The van der Waals surface area contributed by atoms with Crippen molar-refractivity contribution in [2.24, 2.45) is 0 Å². The first-order valence-electron chi connectivity index (χ1n) is 15.6. The van der Waals surface area contributed by atoms with E-state index in [9.17, 15) is 0 Å². The van der Waals surface area contributed by atoms with Gasteiger partial charge in [-0.05, 0) is 31.5 Å². The largest absolute Gasteiger partial charge is 0.299 e. The standard InChI is InChI=1S/C33H61N/c1-3-5-7-9-11-13-15-16-18-20-22-27-31-34(32-33-28-24-23-25-29-33)30-26-21-19-17-14-12-10-8-6-4-2/h23-25,28-29H,3-22,26-27,30-32H2,1-2H3. The van der Waals surface area contributed by atoms with Crippen molar-refractivity contribution in [1.29, 1.82) is 0 Å². The highest BCUT2D eigenvalue weighted by Gasteiger charge is 2.06. The summed E-state index contributed by atoms with van der Waals surface area (Å²) in [5, 5.41) is 0. The zero-order chi connectivity index (χ0) is 24.4. The summed E-state index contributed by atoms with van der Waals surface area (Å²) in [7, 11) is 0. The van der Waals surface area contributed by atoms with Gasteiger partial charge in [0.05, 0.1) is 0 Å². The van der Waals surface area contributed by atoms with Crippen molar-refractivity contribution in [2.75, 3.05) is 13.1 Å². The minimum atomic E-state index is 1.14. The molecule has 34 heavy (non-hydrogen) atoms. The van der Waals surface area contributed by atoms with Crippen LogP contribution in [0.3, 0.4) is 0 Å². The third-order valence-corrected chi connectivity index (χ3v) is 7.40. The van der Waals surface area contributed by atoms with Crippen molar-refractivity contribution >= 4 is 0 Å². The molecule has 1 rings (SSSR count). The second-order valence-electron chi connectivity index (χ2n) is 10.8. The van der Waals surface area contributed by atoms with Crippen LogP contribution in [-0.4, -0.2) is 18.0 Å². The Morgan fingerprint density at radius 1 is 0.412 bits per heavy atom. The van der Waals surface area contributed by atoms with Crippen LogP contribution in [0.2, 0.25) is 0 Å². The molecule has 0 aromatic heterocycles. The summed E-state index contributed by atoms with van der Waals surface area (Å²) in [6, 6.07) is 11.1. The van der Waals surface area contributed by atoms with Gasteiger partial charge in [0.15, 0.2) is 0 Å². The number of benzene rings is 1. The quantitative estimate of drug-likeness (QED) is 0.121. The summed E-state index contributed by atoms with van der Waals surface area (Å²) in [6.07, 6.45) is 31.5. The van der Waals surface area contributed by atoms with Crippen molar-refractivity contribution < 1.29 is 0 Å². The lowest BCUT2D eigenvalue weighted by Gasteiger charge is -2.22. The molecule has 0 radical (unpaired) electrons. The lowest BCUT2D eigenvalue weighted by Crippen LogP contribution is -2.25. The van der Waals surface area contributed by atoms with Crippen molar-refractivity contribution in [3.05, 3.63) is 35.9 Å². The first-order valence-corrected chi connectivity index (χ1v) is 15.6. The maximum absolute atomic E-state index is 2.73. The highest BCUT2D eigenvalue weighted by atomic mass is 15.1. The van der Waals surface area contributed by atoms with Crippen LogP contribution in [0.25, 0.3) is 0 Å². The number of hydrogen-bond acceptors (Lipinski definition) is 1. The van der Waals surface area contributed by atoms with Crippen LogP contribution < -0.4 is 0 Å². The predicted octanol–water partition coefficient (Wildman–Crippen LogP) is 11.1. The van der Waals surface area contributed by atoms with E-state index in [0.717, 1.165) is 6.54 Å². The van der Waals surface area contributed by atoms with Gasteiger partial charge in [-0.1, -0.05) is 173 Å². The maximum Gasteiger partial charge on any atom is 0.0233 e. The van der Waals surface area contributed by atoms with Gasteiger partial charge in [-0.25, -0.2) is 0 Å². The molecule has 198 valence electrons. The van der Waals surface area contributed by atoms with Gasteiger partial charge in [0.25, 0.3) is 0 Å². The Balaban J connectivity index is 2.08. The molecule has 0 bridgehead atoms. The average Bonchev–Trinajstić information content (AvgIpc) is 2.86. The first kappa shape index (κ1) is 31.2. The normalized spacial score (nSPS) is 11.5. The molecule has 0 amide bonds. The van der Waals surface area contributed by atoms with Gasteiger partial charge >= 0.3 is 0 Å². The molecule has 0 N–H and O–H groups in total. The van der Waals surface area contributed by atoms with Crippen molar-refractivity contribution in [1.82, 2.24) is 4.90 Å². The second kappa shape index (κ2) is 25.3. The van der Waals surface area contributed by atoms with E-state index in [2.05, 4.69) is 49.1 Å². The minimum Gasteiger partial charge on any atom is -0.299 e. The molecule has 0 spiro atoms. The number of nitrogens with zero attached hydrogens (tertiary/aromatic N) is 1. The molecule has 1 aromatic rings. The van der Waals surface area contributed by atoms with E-state index in [1.165, 1.54) is 160 Å². The Hall–Kier alpha value is -0.820. The van der Waals surface area contributed by atoms with E-state index in [-0.39, 0.29) is 0 Å². The first-order chi connectivity index (χ1) is 16.9. The molecule has 1 aromatic carbocycles. The molecule has 0 aliphatic rings. The summed E-state index contributed by atoms with van der Waals surface area (Å²) in [4.78, 5) is 2.73. The fourth-order valence-electron chi connectivity index (χ4n) is 5.11. The van der Waals surface area contributed by atoms with E-state index < -0.39 is 0 Å². The Labute approximate surface area is 215 Å². The molecule has 0 fully saturated rings. The van der Waals surface area contributed by atoms with Crippen LogP contribution in [0.4, 0.5) is 0 Å². The van der Waals surface area contributed by atoms with Crippen molar-refractivity contribution in [3.8, 4) is 0 Å². The fraction of sp³-hybridized carbons (Fsp3) is 0.818. The zero-order valence-electron chi connectivity index (χ0n) is 23.5. The Bertz CT molecular complexity index is 497. The van der Waals surface area contributed by atoms with Crippen LogP contribution in [0.5, 0.6) is 0 Å². The van der Waals surface area contributed by atoms with Crippen LogP contribution in [0, 0.1) is 0 Å². The summed E-state index contributed by atoms with van der Waals surface area (Å²) in [5.41, 5.74) is 1.48. The van der Waals surface area contributed by atoms with Crippen molar-refractivity contribution in [2.45, 2.75) is 162 Å². The molecule has 0 heterocycles. The Kier molecular flexibility index (Phi) is 23.2. The Morgan fingerprint density at radius 2 is 0.735 bits per heavy atom. The maximum atomic E-state index is 2.73. The molecular formula is C33H61N. The highest BCUT2D eigenvalue weighted by molar-refractivity contribution is 5.14. The molecule has 0 unspecified atom stereocenters. The molecule has 1 nitrogen and oxygen atoms in total. The van der Waals surface area contributed by atoms with E-state index in [4.69, 9.17) is 0 Å². The predicted molar refractivity (Wildman–Crippen MR) is 155 cm³/mol. The summed E-state index contributed by atoms with van der Waals surface area (Å²) < 4.78 is 0. The minimum absolute atomic E-state index is 1.14. The zero-order valence-corrected chi connectivity index (χ0v) is 23.5. The number of unbranched alkanes of at least 4 members (excludes halogenated alkanes) is 20. The lowest BCUT2D eigenvalue weighted by molar-refractivity contribution is 0.252. The van der Waals surface area contributed by atoms with E-state index in [0.29, 0.717) is 0 Å². The molecular weight excluding hydrogens is 410 g/mol.